The zero-order valence-corrected chi connectivity index (χ0v) is 9.97. The summed E-state index contributed by atoms with van der Waals surface area (Å²) in [7, 11) is 0. The lowest BCUT2D eigenvalue weighted by Crippen LogP contribution is -2.13. The lowest BCUT2D eigenvalue weighted by molar-refractivity contribution is 0.0528. The number of hydrogen-bond donors (Lipinski definition) is 1. The van der Waals surface area contributed by atoms with Crippen LogP contribution in [0.5, 0.6) is 0 Å². The summed E-state index contributed by atoms with van der Waals surface area (Å²) >= 11 is 0. The predicted octanol–water partition coefficient (Wildman–Crippen LogP) is 1.08. The van der Waals surface area contributed by atoms with E-state index in [1.807, 2.05) is 0 Å². The molecule has 1 fully saturated rings. The molecule has 6 nitrogen and oxygen atoms in total. The predicted molar refractivity (Wildman–Crippen MR) is 63.7 cm³/mol. The number of nitrogens with one attached hydrogen (secondary N) is 1. The maximum Gasteiger partial charge on any atom is 0.343 e. The molecule has 0 spiro atoms. The number of rotatable bonds is 3. The van der Waals surface area contributed by atoms with E-state index in [0.29, 0.717) is 23.7 Å². The van der Waals surface area contributed by atoms with Crippen LogP contribution in [0.2, 0.25) is 0 Å². The monoisotopic (exact) mass is 247 g/mol. The Labute approximate surface area is 103 Å². The number of aromatic amines is 1. The van der Waals surface area contributed by atoms with E-state index in [2.05, 4.69) is 10.1 Å². The Morgan fingerprint density at radius 3 is 3.06 bits per heavy atom. The Bertz CT molecular complexity index is 667. The molecule has 1 aliphatic carbocycles. The first-order chi connectivity index (χ1) is 8.70. The molecule has 2 heterocycles. The normalized spacial score (nSPS) is 14.9. The number of hydrogen-bond acceptors (Lipinski definition) is 4. The number of aromatic nitrogens is 3. The third-order valence-electron chi connectivity index (χ3n) is 3.03. The molecule has 18 heavy (non-hydrogen) atoms. The van der Waals surface area contributed by atoms with Crippen LogP contribution >= 0.6 is 0 Å². The Morgan fingerprint density at radius 2 is 2.39 bits per heavy atom. The minimum Gasteiger partial charge on any atom is -0.462 e. The number of carbonyl (C=O) groups is 1. The highest BCUT2D eigenvalue weighted by molar-refractivity contribution is 5.95. The first-order valence-electron chi connectivity index (χ1n) is 5.98. The molecule has 0 aromatic carbocycles. The highest BCUT2D eigenvalue weighted by Gasteiger charge is 2.28. The minimum absolute atomic E-state index is 0.213. The molecule has 0 atom stereocenters. The summed E-state index contributed by atoms with van der Waals surface area (Å²) in [6, 6.07) is 1.55. The van der Waals surface area contributed by atoms with Gasteiger partial charge in [-0.2, -0.15) is 5.10 Å². The third-order valence-corrected chi connectivity index (χ3v) is 3.03. The summed E-state index contributed by atoms with van der Waals surface area (Å²) in [5.41, 5.74) is 1.37. The van der Waals surface area contributed by atoms with Crippen molar-refractivity contribution in [3.63, 3.8) is 0 Å². The maximum atomic E-state index is 11.7. The van der Waals surface area contributed by atoms with Crippen molar-refractivity contribution in [2.75, 3.05) is 6.61 Å². The van der Waals surface area contributed by atoms with E-state index < -0.39 is 5.97 Å². The summed E-state index contributed by atoms with van der Waals surface area (Å²) < 4.78 is 6.57. The summed E-state index contributed by atoms with van der Waals surface area (Å²) in [6.07, 6.45) is 3.56. The number of esters is 1. The van der Waals surface area contributed by atoms with E-state index >= 15 is 0 Å². The van der Waals surface area contributed by atoms with E-state index in [0.717, 1.165) is 18.5 Å². The fourth-order valence-corrected chi connectivity index (χ4v) is 2.04. The van der Waals surface area contributed by atoms with Crippen LogP contribution < -0.4 is 5.56 Å². The number of nitrogens with zero attached hydrogens (tertiary/aromatic N) is 2. The highest BCUT2D eigenvalue weighted by atomic mass is 16.5. The Balaban J connectivity index is 2.18. The Morgan fingerprint density at radius 1 is 1.61 bits per heavy atom. The summed E-state index contributed by atoms with van der Waals surface area (Å²) in [5, 5.41) is 4.17. The largest absolute Gasteiger partial charge is 0.462 e. The topological polar surface area (TPSA) is 76.5 Å². The van der Waals surface area contributed by atoms with Gasteiger partial charge in [-0.25, -0.2) is 9.31 Å². The van der Waals surface area contributed by atoms with Crippen molar-refractivity contribution >= 4 is 11.6 Å². The quantitative estimate of drug-likeness (QED) is 0.823. The first kappa shape index (κ1) is 11.0. The molecule has 1 N–H and O–H groups in total. The lowest BCUT2D eigenvalue weighted by atomic mass is 10.2. The van der Waals surface area contributed by atoms with Crippen molar-refractivity contribution in [2.24, 2.45) is 0 Å². The van der Waals surface area contributed by atoms with Gasteiger partial charge in [-0.15, -0.1) is 0 Å². The molecule has 94 valence electrons. The van der Waals surface area contributed by atoms with Crippen LogP contribution in [0.1, 0.15) is 41.7 Å². The van der Waals surface area contributed by atoms with Crippen LogP contribution in [0.15, 0.2) is 17.1 Å². The molecule has 0 aliphatic heterocycles. The smallest absolute Gasteiger partial charge is 0.343 e. The Kier molecular flexibility index (Phi) is 2.43. The van der Waals surface area contributed by atoms with Crippen LogP contribution in [0.4, 0.5) is 0 Å². The first-order valence-corrected chi connectivity index (χ1v) is 5.98. The zero-order valence-electron chi connectivity index (χ0n) is 9.97. The SMILES string of the molecule is CCOC(=O)c1cnn2c(C3CC3)cc(=O)[nH]c12. The molecule has 1 aliphatic rings. The summed E-state index contributed by atoms with van der Waals surface area (Å²) in [5.74, 6) is -0.0826. The molecule has 1 saturated carbocycles. The van der Waals surface area contributed by atoms with E-state index in [9.17, 15) is 9.59 Å². The van der Waals surface area contributed by atoms with Gasteiger partial charge in [0.2, 0.25) is 0 Å². The highest BCUT2D eigenvalue weighted by Crippen LogP contribution is 2.39. The van der Waals surface area contributed by atoms with Gasteiger partial charge in [-0.3, -0.25) is 4.79 Å². The van der Waals surface area contributed by atoms with Gasteiger partial charge in [-0.05, 0) is 19.8 Å². The molecule has 0 radical (unpaired) electrons. The second-order valence-corrected chi connectivity index (χ2v) is 4.37. The fourth-order valence-electron chi connectivity index (χ4n) is 2.04. The van der Waals surface area contributed by atoms with Crippen LogP contribution in [0.3, 0.4) is 0 Å². The standard InChI is InChI=1S/C12H13N3O3/c1-2-18-12(17)8-6-13-15-9(7-3-4-7)5-10(16)14-11(8)15/h5-7H,2-4H2,1H3,(H,14,16). The minimum atomic E-state index is -0.462. The number of H-pyrrole nitrogens is 1. The molecule has 0 bridgehead atoms. The molecule has 6 heteroatoms. The van der Waals surface area contributed by atoms with Gasteiger partial charge in [-0.1, -0.05) is 0 Å². The Hall–Kier alpha value is -2.11. The van der Waals surface area contributed by atoms with Gasteiger partial charge in [0.1, 0.15) is 5.56 Å². The molecule has 3 rings (SSSR count). The van der Waals surface area contributed by atoms with Crippen LogP contribution in [0.25, 0.3) is 5.65 Å². The van der Waals surface area contributed by atoms with Gasteiger partial charge in [0.15, 0.2) is 5.65 Å². The molecular weight excluding hydrogens is 234 g/mol. The van der Waals surface area contributed by atoms with Gasteiger partial charge >= 0.3 is 5.97 Å². The van der Waals surface area contributed by atoms with Crippen molar-refractivity contribution < 1.29 is 9.53 Å². The second kappa shape index (κ2) is 3.97. The number of fused-ring (bicyclic) bond motifs is 1. The average molecular weight is 247 g/mol. The molecule has 0 unspecified atom stereocenters. The van der Waals surface area contributed by atoms with Gasteiger partial charge in [0.25, 0.3) is 5.56 Å². The van der Waals surface area contributed by atoms with Gasteiger partial charge in [0, 0.05) is 12.0 Å². The van der Waals surface area contributed by atoms with E-state index in [-0.39, 0.29) is 5.56 Å². The van der Waals surface area contributed by atoms with E-state index in [4.69, 9.17) is 4.74 Å². The summed E-state index contributed by atoms with van der Waals surface area (Å²) in [6.45, 7) is 2.03. The average Bonchev–Trinajstić information content (AvgIpc) is 3.09. The molecule has 0 amide bonds. The second-order valence-electron chi connectivity index (χ2n) is 4.37. The van der Waals surface area contributed by atoms with Crippen molar-refractivity contribution in [3.8, 4) is 0 Å². The lowest BCUT2D eigenvalue weighted by Gasteiger charge is -2.03. The van der Waals surface area contributed by atoms with Crippen LogP contribution in [0, 0.1) is 0 Å². The van der Waals surface area contributed by atoms with E-state index in [1.54, 1.807) is 17.5 Å². The third kappa shape index (κ3) is 1.70. The van der Waals surface area contributed by atoms with Gasteiger partial charge in [0.05, 0.1) is 18.5 Å². The van der Waals surface area contributed by atoms with Crippen LogP contribution in [-0.4, -0.2) is 27.2 Å². The molecule has 0 saturated heterocycles. The molecule has 2 aromatic heterocycles. The molecule has 2 aromatic rings. The number of ether oxygens (including phenoxy) is 1. The van der Waals surface area contributed by atoms with Crippen molar-refractivity contribution in [1.82, 2.24) is 14.6 Å². The molecular formula is C12H13N3O3. The zero-order chi connectivity index (χ0) is 12.7. The van der Waals surface area contributed by atoms with Gasteiger partial charge < -0.3 is 9.72 Å². The van der Waals surface area contributed by atoms with Crippen LogP contribution in [-0.2, 0) is 4.74 Å². The van der Waals surface area contributed by atoms with Crippen molar-refractivity contribution in [1.29, 1.82) is 0 Å². The van der Waals surface area contributed by atoms with E-state index in [1.165, 1.54) is 6.20 Å². The fraction of sp³-hybridized carbons (Fsp3) is 0.417. The van der Waals surface area contributed by atoms with Crippen molar-refractivity contribution in [3.05, 3.63) is 33.9 Å². The summed E-state index contributed by atoms with van der Waals surface area (Å²) in [4.78, 5) is 26.0. The van der Waals surface area contributed by atoms with Crippen molar-refractivity contribution in [2.45, 2.75) is 25.7 Å². The number of carbonyl (C=O) groups excluding carboxylic acids is 1. The maximum absolute atomic E-state index is 11.7.